The number of carbonyl (C=O) groups is 2. The molecule has 0 atom stereocenters. The van der Waals surface area contributed by atoms with E-state index in [1.54, 1.807) is 30.0 Å². The van der Waals surface area contributed by atoms with Crippen LogP contribution in [-0.4, -0.2) is 47.3 Å². The lowest BCUT2D eigenvalue weighted by Crippen LogP contribution is -2.64. The van der Waals surface area contributed by atoms with Gasteiger partial charge in [0.05, 0.1) is 13.1 Å². The molecule has 0 aliphatic carbocycles. The summed E-state index contributed by atoms with van der Waals surface area (Å²) in [6, 6.07) is 5.05. The second-order valence-corrected chi connectivity index (χ2v) is 5.74. The molecule has 0 radical (unpaired) electrons. The number of hydrogen-bond acceptors (Lipinski definition) is 3. The van der Waals surface area contributed by atoms with Gasteiger partial charge in [0, 0.05) is 10.7 Å². The fraction of sp³-hybridized carbons (Fsp3) is 0.429. The van der Waals surface area contributed by atoms with Crippen LogP contribution < -0.4 is 5.32 Å². The van der Waals surface area contributed by atoms with Crippen LogP contribution in [0.15, 0.2) is 18.2 Å². The molecule has 2 N–H and O–H groups in total. The highest BCUT2D eigenvalue weighted by Gasteiger charge is 2.42. The first kappa shape index (κ1) is 15.6. The Labute approximate surface area is 127 Å². The van der Waals surface area contributed by atoms with Crippen LogP contribution in [0.1, 0.15) is 12.5 Å². The second-order valence-electron chi connectivity index (χ2n) is 5.33. The predicted octanol–water partition coefficient (Wildman–Crippen LogP) is 2.36. The van der Waals surface area contributed by atoms with Crippen molar-refractivity contribution in [2.75, 3.05) is 25.0 Å². The van der Waals surface area contributed by atoms with Gasteiger partial charge in [-0.1, -0.05) is 17.7 Å². The molecule has 6 nitrogen and oxygen atoms in total. The Morgan fingerprint density at radius 2 is 2.14 bits per heavy atom. The monoisotopic (exact) mass is 312 g/mol. The molecule has 0 saturated carbocycles. The van der Waals surface area contributed by atoms with Gasteiger partial charge in [-0.05, 0) is 31.5 Å². The quantitative estimate of drug-likeness (QED) is 0.894. The Kier molecular flexibility index (Phi) is 4.39. The molecule has 0 aromatic heterocycles. The van der Waals surface area contributed by atoms with E-state index < -0.39 is 11.6 Å². The van der Waals surface area contributed by atoms with Crippen molar-refractivity contribution >= 4 is 29.3 Å². The molecule has 7 heteroatoms. The van der Waals surface area contributed by atoms with Crippen molar-refractivity contribution in [1.82, 2.24) is 4.90 Å². The van der Waals surface area contributed by atoms with Crippen LogP contribution in [0.5, 0.6) is 0 Å². The Bertz CT molecular complexity index is 570. The predicted molar refractivity (Wildman–Crippen MR) is 78.8 cm³/mol. The summed E-state index contributed by atoms with van der Waals surface area (Å²) in [4.78, 5) is 24.1. The third-order valence-corrected chi connectivity index (χ3v) is 3.80. The first-order valence-electron chi connectivity index (χ1n) is 6.47. The topological polar surface area (TPSA) is 78.9 Å². The summed E-state index contributed by atoms with van der Waals surface area (Å²) in [5.41, 5.74) is 0.865. The number of hydrogen-bond donors (Lipinski definition) is 2. The van der Waals surface area contributed by atoms with Gasteiger partial charge in [-0.15, -0.1) is 0 Å². The van der Waals surface area contributed by atoms with E-state index in [-0.39, 0.29) is 12.6 Å². The standard InChI is InChI=1S/C14H17ClN2O4/c1-9-10(15)4-3-5-11(9)16-13(20)17-7-14(2,8-17)21-6-12(18)19/h3-5H,6-8H2,1-2H3,(H,16,20)(H,18,19). The molecule has 1 aliphatic rings. The number of urea groups is 1. The van der Waals surface area contributed by atoms with Crippen molar-refractivity contribution in [3.63, 3.8) is 0 Å². The molecule has 114 valence electrons. The number of rotatable bonds is 4. The molecule has 2 amide bonds. The van der Waals surface area contributed by atoms with Gasteiger partial charge < -0.3 is 20.1 Å². The molecule has 0 spiro atoms. The molecule has 1 aliphatic heterocycles. The molecule has 1 aromatic carbocycles. The van der Waals surface area contributed by atoms with Gasteiger partial charge in [0.2, 0.25) is 0 Å². The maximum absolute atomic E-state index is 12.1. The summed E-state index contributed by atoms with van der Waals surface area (Å²) in [5, 5.41) is 12.0. The maximum atomic E-state index is 12.1. The number of carboxylic acid groups (broad SMARTS) is 1. The number of nitrogens with one attached hydrogen (secondary N) is 1. The van der Waals surface area contributed by atoms with E-state index in [0.717, 1.165) is 5.56 Å². The van der Waals surface area contributed by atoms with Gasteiger partial charge in [-0.25, -0.2) is 9.59 Å². The third kappa shape index (κ3) is 3.65. The van der Waals surface area contributed by atoms with Crippen molar-refractivity contribution in [3.8, 4) is 0 Å². The first-order valence-corrected chi connectivity index (χ1v) is 6.85. The minimum atomic E-state index is -1.02. The summed E-state index contributed by atoms with van der Waals surface area (Å²) < 4.78 is 5.26. The molecule has 1 fully saturated rings. The van der Waals surface area contributed by atoms with E-state index in [2.05, 4.69) is 5.32 Å². The molecular formula is C14H17ClN2O4. The number of benzene rings is 1. The molecule has 1 heterocycles. The molecule has 2 rings (SSSR count). The van der Waals surface area contributed by atoms with Gasteiger partial charge >= 0.3 is 12.0 Å². The summed E-state index contributed by atoms with van der Waals surface area (Å²) in [6.45, 7) is 3.95. The van der Waals surface area contributed by atoms with E-state index in [1.165, 1.54) is 0 Å². The zero-order valence-electron chi connectivity index (χ0n) is 11.9. The molecule has 1 saturated heterocycles. The average molecular weight is 313 g/mol. The SMILES string of the molecule is Cc1c(Cl)cccc1NC(=O)N1CC(C)(OCC(=O)O)C1. The summed E-state index contributed by atoms with van der Waals surface area (Å²) in [6.07, 6.45) is 0. The van der Waals surface area contributed by atoms with Gasteiger partial charge in [0.1, 0.15) is 12.2 Å². The third-order valence-electron chi connectivity index (χ3n) is 3.39. The lowest BCUT2D eigenvalue weighted by molar-refractivity contribution is -0.159. The molecule has 0 bridgehead atoms. The Hall–Kier alpha value is -1.79. The van der Waals surface area contributed by atoms with Crippen molar-refractivity contribution < 1.29 is 19.4 Å². The Morgan fingerprint density at radius 3 is 2.76 bits per heavy atom. The van der Waals surface area contributed by atoms with E-state index in [4.69, 9.17) is 21.4 Å². The minimum Gasteiger partial charge on any atom is -0.480 e. The fourth-order valence-corrected chi connectivity index (χ4v) is 2.34. The number of likely N-dealkylation sites (tertiary alicyclic amines) is 1. The number of aliphatic carboxylic acids is 1. The fourth-order valence-electron chi connectivity index (χ4n) is 2.17. The highest BCUT2D eigenvalue weighted by atomic mass is 35.5. The minimum absolute atomic E-state index is 0.253. The zero-order chi connectivity index (χ0) is 15.6. The number of halogens is 1. The lowest BCUT2D eigenvalue weighted by Gasteiger charge is -2.47. The summed E-state index contributed by atoms with van der Waals surface area (Å²) in [7, 11) is 0. The first-order chi connectivity index (χ1) is 9.81. The highest BCUT2D eigenvalue weighted by molar-refractivity contribution is 6.31. The largest absolute Gasteiger partial charge is 0.480 e. The number of nitrogens with zero attached hydrogens (tertiary/aromatic N) is 1. The number of carbonyl (C=O) groups excluding carboxylic acids is 1. The van der Waals surface area contributed by atoms with Crippen molar-refractivity contribution in [3.05, 3.63) is 28.8 Å². The molecule has 21 heavy (non-hydrogen) atoms. The van der Waals surface area contributed by atoms with Crippen LogP contribution in [0.2, 0.25) is 5.02 Å². The van der Waals surface area contributed by atoms with Crippen LogP contribution in [0.3, 0.4) is 0 Å². The molecule has 0 unspecified atom stereocenters. The van der Waals surface area contributed by atoms with Crippen LogP contribution in [-0.2, 0) is 9.53 Å². The van der Waals surface area contributed by atoms with Crippen LogP contribution >= 0.6 is 11.6 Å². The van der Waals surface area contributed by atoms with Crippen molar-refractivity contribution in [1.29, 1.82) is 0 Å². The highest BCUT2D eigenvalue weighted by Crippen LogP contribution is 2.27. The number of amides is 2. The van der Waals surface area contributed by atoms with Gasteiger partial charge in [-0.2, -0.15) is 0 Å². The lowest BCUT2D eigenvalue weighted by atomic mass is 9.97. The van der Waals surface area contributed by atoms with Gasteiger partial charge in [0.25, 0.3) is 0 Å². The van der Waals surface area contributed by atoms with Crippen LogP contribution in [0.4, 0.5) is 10.5 Å². The van der Waals surface area contributed by atoms with Crippen molar-refractivity contribution in [2.24, 2.45) is 0 Å². The van der Waals surface area contributed by atoms with Gasteiger partial charge in [-0.3, -0.25) is 0 Å². The van der Waals surface area contributed by atoms with E-state index in [9.17, 15) is 9.59 Å². The van der Waals surface area contributed by atoms with E-state index in [0.29, 0.717) is 23.8 Å². The van der Waals surface area contributed by atoms with E-state index >= 15 is 0 Å². The number of anilines is 1. The van der Waals surface area contributed by atoms with Crippen molar-refractivity contribution in [2.45, 2.75) is 19.4 Å². The maximum Gasteiger partial charge on any atom is 0.329 e. The molecular weight excluding hydrogens is 296 g/mol. The summed E-state index contributed by atoms with van der Waals surface area (Å²) >= 11 is 6.00. The van der Waals surface area contributed by atoms with Gasteiger partial charge in [0.15, 0.2) is 0 Å². The van der Waals surface area contributed by atoms with Crippen LogP contribution in [0, 0.1) is 6.92 Å². The van der Waals surface area contributed by atoms with Crippen LogP contribution in [0.25, 0.3) is 0 Å². The zero-order valence-corrected chi connectivity index (χ0v) is 12.6. The Balaban J connectivity index is 1.89. The Morgan fingerprint density at radius 1 is 1.48 bits per heavy atom. The van der Waals surface area contributed by atoms with E-state index in [1.807, 2.05) is 6.92 Å². The second kappa shape index (κ2) is 5.91. The molecule has 1 aromatic rings. The summed E-state index contributed by atoms with van der Waals surface area (Å²) in [5.74, 6) is -1.02. The number of ether oxygens (including phenoxy) is 1. The smallest absolute Gasteiger partial charge is 0.329 e. The number of carboxylic acids is 1. The normalized spacial score (nSPS) is 16.2. The average Bonchev–Trinajstić information content (AvgIpc) is 2.38.